The largest absolute Gasteiger partial charge is 0.481 e. The van der Waals surface area contributed by atoms with Gasteiger partial charge in [-0.1, -0.05) is 17.7 Å². The zero-order chi connectivity index (χ0) is 25.2. The first-order valence-electron chi connectivity index (χ1n) is 11.0. The van der Waals surface area contributed by atoms with E-state index in [9.17, 15) is 13.5 Å². The molecule has 2 bridgehead atoms. The highest BCUT2D eigenvalue weighted by Crippen LogP contribution is 2.59. The first kappa shape index (κ1) is 25.5. The third-order valence-corrected chi connectivity index (χ3v) is 8.12. The van der Waals surface area contributed by atoms with Crippen molar-refractivity contribution in [2.24, 2.45) is 10.9 Å². The Bertz CT molecular complexity index is 1160. The average Bonchev–Trinajstić information content (AvgIpc) is 2.80. The third-order valence-electron chi connectivity index (χ3n) is 6.22. The normalized spacial score (nSPS) is 23.9. The van der Waals surface area contributed by atoms with E-state index in [-0.39, 0.29) is 23.0 Å². The summed E-state index contributed by atoms with van der Waals surface area (Å²) in [6.07, 6.45) is 3.22. The van der Waals surface area contributed by atoms with Crippen molar-refractivity contribution < 1.29 is 23.0 Å². The number of methoxy groups -OCH3 is 2. The molecular formula is C21H28ClN7O5S. The van der Waals surface area contributed by atoms with Crippen molar-refractivity contribution in [2.45, 2.75) is 49.3 Å². The van der Waals surface area contributed by atoms with E-state index in [4.69, 9.17) is 21.1 Å². The van der Waals surface area contributed by atoms with Gasteiger partial charge < -0.3 is 14.6 Å². The average molecular weight is 526 g/mol. The van der Waals surface area contributed by atoms with Crippen LogP contribution in [-0.2, 0) is 14.8 Å². The molecule has 0 aromatic carbocycles. The summed E-state index contributed by atoms with van der Waals surface area (Å²) in [5.41, 5.74) is 5.33. The van der Waals surface area contributed by atoms with E-state index < -0.39 is 27.6 Å². The maximum Gasteiger partial charge on any atom is 0.240 e. The molecule has 0 amide bonds. The number of hydrazine groups is 1. The summed E-state index contributed by atoms with van der Waals surface area (Å²) in [6.45, 7) is 1.48. The Morgan fingerprint density at radius 2 is 1.94 bits per heavy atom. The van der Waals surface area contributed by atoms with Gasteiger partial charge in [0.1, 0.15) is 11.4 Å². The number of sulfonamides is 1. The number of aliphatic hydroxyl groups excluding tert-OH is 1. The Kier molecular flexibility index (Phi) is 7.43. The first-order chi connectivity index (χ1) is 16.6. The molecule has 0 radical (unpaired) electrons. The van der Waals surface area contributed by atoms with Crippen LogP contribution in [-0.4, -0.2) is 59.4 Å². The minimum Gasteiger partial charge on any atom is -0.481 e. The van der Waals surface area contributed by atoms with Crippen molar-refractivity contribution in [1.82, 2.24) is 30.5 Å². The molecular weight excluding hydrogens is 498 g/mol. The number of halogens is 1. The maximum atomic E-state index is 13.3. The summed E-state index contributed by atoms with van der Waals surface area (Å²) >= 11 is 5.84. The van der Waals surface area contributed by atoms with Gasteiger partial charge in [0, 0.05) is 25.6 Å². The van der Waals surface area contributed by atoms with Gasteiger partial charge >= 0.3 is 0 Å². The number of nitrogens with zero attached hydrogens (tertiary/aromatic N) is 4. The van der Waals surface area contributed by atoms with Crippen LogP contribution in [0.2, 0.25) is 5.02 Å². The standard InChI is InChI=1S/C21H28ClN7O5S/c1-12(17(34-3)18-23-10-14(22)11-24-18)35(31,32)29-20(26-21-7-13(8-21)9-21)28-27-19(30)15-5-4-6-16(25-15)33-2/h4-6,10-13,17,19,27,30H,7-9H2,1-3H3,(H2,26,28,29)/t12-,13?,17-,19?,21?/m0/s1. The van der Waals surface area contributed by atoms with E-state index in [1.165, 1.54) is 33.5 Å². The Hall–Kier alpha value is -2.58. The number of aliphatic imine (C=N–C) groups is 1. The predicted molar refractivity (Wildman–Crippen MR) is 128 cm³/mol. The molecule has 190 valence electrons. The van der Waals surface area contributed by atoms with Crippen molar-refractivity contribution in [2.75, 3.05) is 14.2 Å². The molecule has 3 aliphatic carbocycles. The quantitative estimate of drug-likeness (QED) is 0.154. The molecule has 35 heavy (non-hydrogen) atoms. The topological polar surface area (TPSA) is 160 Å². The van der Waals surface area contributed by atoms with Crippen LogP contribution in [0.25, 0.3) is 0 Å². The molecule has 3 atom stereocenters. The van der Waals surface area contributed by atoms with E-state index in [0.29, 0.717) is 16.8 Å². The number of ether oxygens (including phenoxy) is 2. The highest BCUT2D eigenvalue weighted by atomic mass is 35.5. The molecule has 2 aromatic rings. The zero-order valence-corrected chi connectivity index (χ0v) is 21.0. The summed E-state index contributed by atoms with van der Waals surface area (Å²) in [5, 5.41) is 9.74. The van der Waals surface area contributed by atoms with Gasteiger partial charge in [-0.25, -0.2) is 33.8 Å². The number of aromatic nitrogens is 3. The van der Waals surface area contributed by atoms with Crippen molar-refractivity contribution in [3.05, 3.63) is 47.1 Å². The molecule has 4 N–H and O–H groups in total. The Morgan fingerprint density at radius 1 is 1.26 bits per heavy atom. The van der Waals surface area contributed by atoms with E-state index in [0.717, 1.165) is 19.3 Å². The zero-order valence-electron chi connectivity index (χ0n) is 19.5. The molecule has 0 spiro atoms. The number of guanidine groups is 1. The summed E-state index contributed by atoms with van der Waals surface area (Å²) in [6, 6.07) is 4.92. The Morgan fingerprint density at radius 3 is 2.51 bits per heavy atom. The molecule has 0 saturated heterocycles. The van der Waals surface area contributed by atoms with Gasteiger partial charge in [0.05, 0.1) is 23.4 Å². The van der Waals surface area contributed by atoms with Gasteiger partial charge in [0.15, 0.2) is 12.1 Å². The SMILES string of the molecule is COc1cccc(C(O)NNC(=NC23CC(C2)C3)NS(=O)(=O)[C@@H](C)[C@H](OC)c2ncc(Cl)cn2)n1. The van der Waals surface area contributed by atoms with Gasteiger partial charge in [-0.2, -0.15) is 0 Å². The second kappa shape index (κ2) is 10.2. The van der Waals surface area contributed by atoms with Gasteiger partial charge in [0.2, 0.25) is 21.9 Å². The lowest BCUT2D eigenvalue weighted by molar-refractivity contribution is -0.0153. The minimum absolute atomic E-state index is 0.0381. The van der Waals surface area contributed by atoms with E-state index in [2.05, 4.69) is 35.5 Å². The Balaban J connectivity index is 1.50. The number of hydrogen-bond acceptors (Lipinski definition) is 10. The fraction of sp³-hybridized carbons (Fsp3) is 0.524. The van der Waals surface area contributed by atoms with Gasteiger partial charge in [-0.15, -0.1) is 0 Å². The van der Waals surface area contributed by atoms with Crippen LogP contribution in [0.3, 0.4) is 0 Å². The second-order valence-corrected chi connectivity index (χ2v) is 11.2. The predicted octanol–water partition coefficient (Wildman–Crippen LogP) is 1.22. The van der Waals surface area contributed by atoms with Crippen LogP contribution in [0.1, 0.15) is 50.0 Å². The molecule has 3 fully saturated rings. The highest BCUT2D eigenvalue weighted by molar-refractivity contribution is 7.90. The number of aliphatic hydroxyl groups is 1. The maximum absolute atomic E-state index is 13.3. The monoisotopic (exact) mass is 525 g/mol. The number of rotatable bonds is 10. The van der Waals surface area contributed by atoms with Crippen molar-refractivity contribution in [3.8, 4) is 5.88 Å². The van der Waals surface area contributed by atoms with E-state index >= 15 is 0 Å². The lowest BCUT2D eigenvalue weighted by Crippen LogP contribution is -2.60. The van der Waals surface area contributed by atoms with E-state index in [1.807, 2.05) is 0 Å². The van der Waals surface area contributed by atoms with Gasteiger partial charge in [0.25, 0.3) is 0 Å². The molecule has 0 aliphatic heterocycles. The van der Waals surface area contributed by atoms with Gasteiger partial charge in [-0.05, 0) is 38.2 Å². The number of nitrogens with one attached hydrogen (secondary N) is 3. The fourth-order valence-corrected chi connectivity index (χ4v) is 5.36. The van der Waals surface area contributed by atoms with Gasteiger partial charge in [-0.3, -0.25) is 10.1 Å². The molecule has 3 saturated carbocycles. The van der Waals surface area contributed by atoms with Crippen molar-refractivity contribution in [1.29, 1.82) is 0 Å². The molecule has 14 heteroatoms. The van der Waals surface area contributed by atoms with Crippen molar-refractivity contribution in [3.63, 3.8) is 0 Å². The van der Waals surface area contributed by atoms with Crippen LogP contribution >= 0.6 is 11.6 Å². The van der Waals surface area contributed by atoms with Crippen molar-refractivity contribution >= 4 is 27.6 Å². The number of pyridine rings is 1. The molecule has 1 unspecified atom stereocenters. The highest BCUT2D eigenvalue weighted by Gasteiger charge is 2.57. The number of hydrogen-bond donors (Lipinski definition) is 4. The Labute approximate surface area is 208 Å². The smallest absolute Gasteiger partial charge is 0.240 e. The van der Waals surface area contributed by atoms with Crippen LogP contribution in [0.4, 0.5) is 0 Å². The molecule has 2 aromatic heterocycles. The fourth-order valence-electron chi connectivity index (χ4n) is 4.16. The summed E-state index contributed by atoms with van der Waals surface area (Å²) in [5.74, 6) is 1.10. The summed E-state index contributed by atoms with van der Waals surface area (Å²) < 4.78 is 39.5. The molecule has 3 aliphatic rings. The lowest BCUT2D eigenvalue weighted by atomic mass is 9.50. The molecule has 5 rings (SSSR count). The molecule has 2 heterocycles. The summed E-state index contributed by atoms with van der Waals surface area (Å²) in [4.78, 5) is 17.0. The van der Waals surface area contributed by atoms with Crippen LogP contribution in [0.5, 0.6) is 5.88 Å². The van der Waals surface area contributed by atoms with Crippen LogP contribution in [0.15, 0.2) is 35.6 Å². The second-order valence-electron chi connectivity index (χ2n) is 8.71. The van der Waals surface area contributed by atoms with E-state index in [1.54, 1.807) is 18.2 Å². The third kappa shape index (κ3) is 5.64. The minimum atomic E-state index is -4.03. The van der Waals surface area contributed by atoms with Crippen LogP contribution < -0.4 is 20.3 Å². The first-order valence-corrected chi connectivity index (χ1v) is 12.9. The molecule has 12 nitrogen and oxygen atoms in total. The van der Waals surface area contributed by atoms with Crippen LogP contribution in [0, 0.1) is 5.92 Å². The summed E-state index contributed by atoms with van der Waals surface area (Å²) in [7, 11) is -1.18. The lowest BCUT2D eigenvalue weighted by Gasteiger charge is -2.59.